The van der Waals surface area contributed by atoms with Crippen LogP contribution in [-0.2, 0) is 9.84 Å². The van der Waals surface area contributed by atoms with Gasteiger partial charge >= 0.3 is 0 Å². The molecule has 1 amide bonds. The van der Waals surface area contributed by atoms with Gasteiger partial charge in [0, 0.05) is 37.9 Å². The summed E-state index contributed by atoms with van der Waals surface area (Å²) in [6.07, 6.45) is 2.29. The first kappa shape index (κ1) is 22.6. The number of hydrogen-bond acceptors (Lipinski definition) is 6. The Hall–Kier alpha value is -3.20. The van der Waals surface area contributed by atoms with Gasteiger partial charge in [0.2, 0.25) is 0 Å². The predicted molar refractivity (Wildman–Crippen MR) is 132 cm³/mol. The molecule has 0 radical (unpaired) electrons. The summed E-state index contributed by atoms with van der Waals surface area (Å²) < 4.78 is 26.1. The van der Waals surface area contributed by atoms with Gasteiger partial charge in [-0.2, -0.15) is 5.10 Å². The van der Waals surface area contributed by atoms with Gasteiger partial charge in [-0.15, -0.1) is 0 Å². The van der Waals surface area contributed by atoms with E-state index in [0.29, 0.717) is 38.3 Å². The maximum absolute atomic E-state index is 13.4. The SMILES string of the molecule is Cc1ccc(-c2cc(C(=O)N3CCN(c4ccccn4)CC3)nn2[C@H]2CCS(=O)(=O)C2)cc1C. The number of carbonyl (C=O) groups excluding carboxylic acids is 1. The number of amides is 1. The Balaban J connectivity index is 1.41. The molecule has 3 aromatic rings. The molecule has 1 aromatic carbocycles. The molecule has 0 bridgehead atoms. The smallest absolute Gasteiger partial charge is 0.274 e. The van der Waals surface area contributed by atoms with Crippen molar-refractivity contribution in [2.45, 2.75) is 26.3 Å². The van der Waals surface area contributed by atoms with E-state index in [4.69, 9.17) is 0 Å². The highest BCUT2D eigenvalue weighted by Crippen LogP contribution is 2.31. The Kier molecular flexibility index (Phi) is 5.89. The molecule has 5 rings (SSSR count). The number of aryl methyl sites for hydroxylation is 2. The van der Waals surface area contributed by atoms with Crippen molar-refractivity contribution >= 4 is 21.6 Å². The monoisotopic (exact) mass is 479 g/mol. The van der Waals surface area contributed by atoms with Gasteiger partial charge in [0.15, 0.2) is 15.5 Å². The Morgan fingerprint density at radius 3 is 2.44 bits per heavy atom. The summed E-state index contributed by atoms with van der Waals surface area (Å²) >= 11 is 0. The van der Waals surface area contributed by atoms with Crippen molar-refractivity contribution in [2.24, 2.45) is 0 Å². The zero-order valence-electron chi connectivity index (χ0n) is 19.5. The van der Waals surface area contributed by atoms with Crippen molar-refractivity contribution in [3.8, 4) is 11.3 Å². The van der Waals surface area contributed by atoms with E-state index in [0.717, 1.165) is 22.6 Å². The van der Waals surface area contributed by atoms with Crippen LogP contribution in [0.15, 0.2) is 48.7 Å². The minimum absolute atomic E-state index is 0.0584. The standard InChI is InChI=1S/C25H29N5O3S/c1-18-6-7-20(15-19(18)2)23-16-22(27-30(23)21-8-14-34(32,33)17-21)25(31)29-12-10-28(11-13-29)24-5-3-4-9-26-24/h3-7,9,15-16,21H,8,10-14,17H2,1-2H3/t21-/m0/s1. The first-order valence-electron chi connectivity index (χ1n) is 11.6. The van der Waals surface area contributed by atoms with Crippen molar-refractivity contribution in [1.82, 2.24) is 19.7 Å². The van der Waals surface area contributed by atoms with E-state index >= 15 is 0 Å². The number of nitrogens with zero attached hydrogens (tertiary/aromatic N) is 5. The average Bonchev–Trinajstić information content (AvgIpc) is 3.44. The summed E-state index contributed by atoms with van der Waals surface area (Å²) in [5.74, 6) is 1.01. The molecule has 0 N–H and O–H groups in total. The van der Waals surface area contributed by atoms with Crippen molar-refractivity contribution in [2.75, 3.05) is 42.6 Å². The first-order valence-corrected chi connectivity index (χ1v) is 13.5. The van der Waals surface area contributed by atoms with Gasteiger partial charge in [0.25, 0.3) is 5.91 Å². The van der Waals surface area contributed by atoms with E-state index in [2.05, 4.69) is 28.0 Å². The fraction of sp³-hybridized carbons (Fsp3) is 0.400. The van der Waals surface area contributed by atoms with E-state index in [1.54, 1.807) is 10.9 Å². The predicted octanol–water partition coefficient (Wildman–Crippen LogP) is 2.88. The van der Waals surface area contributed by atoms with Crippen LogP contribution in [0.5, 0.6) is 0 Å². The highest BCUT2D eigenvalue weighted by atomic mass is 32.2. The number of carbonyl (C=O) groups is 1. The summed E-state index contributed by atoms with van der Waals surface area (Å²) in [5.41, 5.74) is 4.42. The van der Waals surface area contributed by atoms with Crippen molar-refractivity contribution in [3.05, 3.63) is 65.5 Å². The van der Waals surface area contributed by atoms with E-state index in [1.807, 2.05) is 48.2 Å². The molecule has 2 aliphatic rings. The first-order chi connectivity index (χ1) is 16.3. The lowest BCUT2D eigenvalue weighted by Gasteiger charge is -2.35. The second kappa shape index (κ2) is 8.87. The molecule has 9 heteroatoms. The molecule has 0 unspecified atom stereocenters. The molecule has 4 heterocycles. The molecule has 1 atom stereocenters. The molecule has 0 aliphatic carbocycles. The van der Waals surface area contributed by atoms with Gasteiger partial charge in [0.05, 0.1) is 23.2 Å². The van der Waals surface area contributed by atoms with Crippen LogP contribution in [0.2, 0.25) is 0 Å². The molecule has 8 nitrogen and oxygen atoms in total. The number of benzene rings is 1. The number of anilines is 1. The Morgan fingerprint density at radius 2 is 1.79 bits per heavy atom. The van der Waals surface area contributed by atoms with Crippen LogP contribution in [0, 0.1) is 13.8 Å². The molecule has 34 heavy (non-hydrogen) atoms. The number of rotatable bonds is 4. The Morgan fingerprint density at radius 1 is 1.00 bits per heavy atom. The van der Waals surface area contributed by atoms with E-state index in [1.165, 1.54) is 5.56 Å². The normalized spacial score (nSPS) is 20.0. The molecule has 178 valence electrons. The van der Waals surface area contributed by atoms with Crippen molar-refractivity contribution in [1.29, 1.82) is 0 Å². The number of hydrogen-bond donors (Lipinski definition) is 0. The second-order valence-corrected chi connectivity index (χ2v) is 11.4. The average molecular weight is 480 g/mol. The molecule has 0 spiro atoms. The lowest BCUT2D eigenvalue weighted by molar-refractivity contribution is 0.0739. The zero-order valence-corrected chi connectivity index (χ0v) is 20.3. The lowest BCUT2D eigenvalue weighted by atomic mass is 10.0. The second-order valence-electron chi connectivity index (χ2n) is 9.18. The third-order valence-electron chi connectivity index (χ3n) is 6.85. The third kappa shape index (κ3) is 4.44. The van der Waals surface area contributed by atoms with Crippen LogP contribution in [0.1, 0.15) is 34.1 Å². The molecular weight excluding hydrogens is 450 g/mol. The Bertz CT molecular complexity index is 1310. The van der Waals surface area contributed by atoms with Crippen LogP contribution < -0.4 is 4.90 Å². The molecule has 2 fully saturated rings. The number of piperazine rings is 1. The van der Waals surface area contributed by atoms with Crippen LogP contribution in [-0.4, -0.2) is 71.7 Å². The summed E-state index contributed by atoms with van der Waals surface area (Å²) in [7, 11) is -3.09. The van der Waals surface area contributed by atoms with Gasteiger partial charge in [-0.1, -0.05) is 18.2 Å². The minimum Gasteiger partial charge on any atom is -0.353 e. The summed E-state index contributed by atoms with van der Waals surface area (Å²) in [5, 5.41) is 4.67. The lowest BCUT2D eigenvalue weighted by Crippen LogP contribution is -2.49. The molecule has 2 aliphatic heterocycles. The van der Waals surface area contributed by atoms with E-state index in [9.17, 15) is 13.2 Å². The number of pyridine rings is 1. The van der Waals surface area contributed by atoms with Gasteiger partial charge < -0.3 is 9.80 Å². The number of sulfone groups is 1. The van der Waals surface area contributed by atoms with Crippen LogP contribution in [0.3, 0.4) is 0 Å². The summed E-state index contributed by atoms with van der Waals surface area (Å²) in [6, 6.07) is 13.5. The highest BCUT2D eigenvalue weighted by Gasteiger charge is 2.33. The Labute approximate surface area is 200 Å². The quantitative estimate of drug-likeness (QED) is 0.572. The van der Waals surface area contributed by atoms with E-state index in [-0.39, 0.29) is 23.5 Å². The maximum atomic E-state index is 13.4. The molecule has 0 saturated carbocycles. The van der Waals surface area contributed by atoms with E-state index < -0.39 is 9.84 Å². The fourth-order valence-corrected chi connectivity index (χ4v) is 6.40. The molecule has 2 aromatic heterocycles. The zero-order chi connectivity index (χ0) is 23.9. The van der Waals surface area contributed by atoms with Crippen LogP contribution >= 0.6 is 0 Å². The van der Waals surface area contributed by atoms with Gasteiger partial charge in [0.1, 0.15) is 5.82 Å². The summed E-state index contributed by atoms with van der Waals surface area (Å²) in [4.78, 5) is 21.8. The maximum Gasteiger partial charge on any atom is 0.274 e. The van der Waals surface area contributed by atoms with Gasteiger partial charge in [-0.25, -0.2) is 13.4 Å². The largest absolute Gasteiger partial charge is 0.353 e. The number of aromatic nitrogens is 3. The van der Waals surface area contributed by atoms with Crippen molar-refractivity contribution in [3.63, 3.8) is 0 Å². The van der Waals surface area contributed by atoms with Crippen molar-refractivity contribution < 1.29 is 13.2 Å². The molecule has 2 saturated heterocycles. The molecular formula is C25H29N5O3S. The summed E-state index contributed by atoms with van der Waals surface area (Å²) in [6.45, 7) is 6.67. The van der Waals surface area contributed by atoms with Crippen LogP contribution in [0.4, 0.5) is 5.82 Å². The topological polar surface area (TPSA) is 88.4 Å². The van der Waals surface area contributed by atoms with Gasteiger partial charge in [-0.3, -0.25) is 9.48 Å². The van der Waals surface area contributed by atoms with Crippen LogP contribution in [0.25, 0.3) is 11.3 Å². The third-order valence-corrected chi connectivity index (χ3v) is 8.60. The fourth-order valence-electron chi connectivity index (χ4n) is 4.70. The highest BCUT2D eigenvalue weighted by molar-refractivity contribution is 7.91. The minimum atomic E-state index is -3.09. The van der Waals surface area contributed by atoms with Gasteiger partial charge in [-0.05, 0) is 55.7 Å².